The number of amides is 1. The minimum Gasteiger partial charge on any atom is -0.339 e. The predicted molar refractivity (Wildman–Crippen MR) is 95.6 cm³/mol. The molecule has 1 aromatic rings. The summed E-state index contributed by atoms with van der Waals surface area (Å²) in [5.74, 6) is -0.0674. The monoisotopic (exact) mass is 352 g/mol. The van der Waals surface area contributed by atoms with Crippen LogP contribution in [0.2, 0.25) is 0 Å². The number of carbonyl (C=O) groups excluding carboxylic acids is 1. The zero-order valence-electron chi connectivity index (χ0n) is 15.1. The quantitative estimate of drug-likeness (QED) is 0.909. The second-order valence-electron chi connectivity index (χ2n) is 7.54. The lowest BCUT2D eigenvalue weighted by atomic mass is 10.1. The van der Waals surface area contributed by atoms with E-state index in [2.05, 4.69) is 4.72 Å². The van der Waals surface area contributed by atoms with Gasteiger partial charge >= 0.3 is 0 Å². The molecule has 0 spiro atoms. The summed E-state index contributed by atoms with van der Waals surface area (Å²) in [6.07, 6.45) is 4.31. The van der Waals surface area contributed by atoms with Gasteiger partial charge in [0.2, 0.25) is 10.0 Å². The molecule has 2 rings (SSSR count). The lowest BCUT2D eigenvalue weighted by Gasteiger charge is -2.23. The molecule has 1 aromatic carbocycles. The van der Waals surface area contributed by atoms with E-state index in [4.69, 9.17) is 0 Å². The molecule has 1 aliphatic rings. The van der Waals surface area contributed by atoms with Crippen LogP contribution in [0, 0.1) is 6.92 Å². The largest absolute Gasteiger partial charge is 0.339 e. The summed E-state index contributed by atoms with van der Waals surface area (Å²) < 4.78 is 27.7. The SMILES string of the molecule is Cc1ccc(S(=O)(=O)NC(C)(C)C)cc1C(=O)N1CCCCCC1. The first-order valence-corrected chi connectivity index (χ1v) is 10.0. The van der Waals surface area contributed by atoms with Gasteiger partial charge in [-0.3, -0.25) is 4.79 Å². The Morgan fingerprint density at radius 1 is 1.08 bits per heavy atom. The highest BCUT2D eigenvalue weighted by Crippen LogP contribution is 2.20. The van der Waals surface area contributed by atoms with Gasteiger partial charge in [-0.2, -0.15) is 0 Å². The molecule has 134 valence electrons. The van der Waals surface area contributed by atoms with E-state index in [9.17, 15) is 13.2 Å². The third kappa shape index (κ3) is 4.80. The van der Waals surface area contributed by atoms with E-state index < -0.39 is 15.6 Å². The molecule has 1 heterocycles. The van der Waals surface area contributed by atoms with Crippen LogP contribution in [0.15, 0.2) is 23.1 Å². The van der Waals surface area contributed by atoms with Gasteiger partial charge in [-0.25, -0.2) is 13.1 Å². The van der Waals surface area contributed by atoms with E-state index in [1.165, 1.54) is 6.07 Å². The van der Waals surface area contributed by atoms with Gasteiger partial charge in [-0.05, 0) is 58.2 Å². The van der Waals surface area contributed by atoms with Crippen molar-refractivity contribution in [2.75, 3.05) is 13.1 Å². The molecule has 24 heavy (non-hydrogen) atoms. The van der Waals surface area contributed by atoms with Crippen molar-refractivity contribution < 1.29 is 13.2 Å². The van der Waals surface area contributed by atoms with Crippen molar-refractivity contribution in [3.05, 3.63) is 29.3 Å². The van der Waals surface area contributed by atoms with Crippen LogP contribution >= 0.6 is 0 Å². The number of nitrogens with zero attached hydrogens (tertiary/aromatic N) is 1. The zero-order chi connectivity index (χ0) is 18.0. The smallest absolute Gasteiger partial charge is 0.254 e. The van der Waals surface area contributed by atoms with Gasteiger partial charge < -0.3 is 4.90 Å². The lowest BCUT2D eigenvalue weighted by molar-refractivity contribution is 0.0760. The first-order chi connectivity index (χ1) is 11.1. The fourth-order valence-corrected chi connectivity index (χ4v) is 4.35. The molecule has 0 radical (unpaired) electrons. The Hall–Kier alpha value is -1.40. The van der Waals surface area contributed by atoms with E-state index in [1.807, 2.05) is 11.8 Å². The van der Waals surface area contributed by atoms with Gasteiger partial charge in [0.25, 0.3) is 5.91 Å². The average Bonchev–Trinajstić information content (AvgIpc) is 2.73. The highest BCUT2D eigenvalue weighted by Gasteiger charge is 2.25. The summed E-state index contributed by atoms with van der Waals surface area (Å²) in [5, 5.41) is 0. The predicted octanol–water partition coefficient (Wildman–Crippen LogP) is 3.09. The van der Waals surface area contributed by atoms with E-state index in [1.54, 1.807) is 32.9 Å². The van der Waals surface area contributed by atoms with E-state index in [-0.39, 0.29) is 10.8 Å². The number of hydrogen-bond acceptors (Lipinski definition) is 3. The van der Waals surface area contributed by atoms with Crippen molar-refractivity contribution in [3.63, 3.8) is 0 Å². The molecule has 1 amide bonds. The number of sulfonamides is 1. The maximum absolute atomic E-state index is 12.8. The summed E-state index contributed by atoms with van der Waals surface area (Å²) in [4.78, 5) is 14.8. The molecule has 1 aliphatic heterocycles. The van der Waals surface area contributed by atoms with Crippen molar-refractivity contribution in [2.45, 2.75) is 63.8 Å². The van der Waals surface area contributed by atoms with Crippen LogP contribution in [-0.2, 0) is 10.0 Å². The molecule has 0 bridgehead atoms. The zero-order valence-corrected chi connectivity index (χ0v) is 15.9. The molecule has 5 nitrogen and oxygen atoms in total. The molecular weight excluding hydrogens is 324 g/mol. The normalized spacial score (nSPS) is 16.8. The Balaban J connectivity index is 2.33. The number of nitrogens with one attached hydrogen (secondary N) is 1. The molecule has 0 unspecified atom stereocenters. The third-order valence-corrected chi connectivity index (χ3v) is 5.84. The molecule has 6 heteroatoms. The standard InChI is InChI=1S/C18H28N2O3S/c1-14-9-10-15(24(22,23)19-18(2,3)4)13-16(14)17(21)20-11-7-5-6-8-12-20/h9-10,13,19H,5-8,11-12H2,1-4H3. The maximum Gasteiger partial charge on any atom is 0.254 e. The number of carbonyl (C=O) groups is 1. The fourth-order valence-electron chi connectivity index (χ4n) is 2.90. The first kappa shape index (κ1) is 18.9. The average molecular weight is 353 g/mol. The van der Waals surface area contributed by atoms with Crippen LogP contribution in [0.1, 0.15) is 62.4 Å². The second-order valence-corrected chi connectivity index (χ2v) is 9.22. The minimum atomic E-state index is -3.65. The fraction of sp³-hybridized carbons (Fsp3) is 0.611. The summed E-state index contributed by atoms with van der Waals surface area (Å²) in [6.45, 7) is 8.72. The number of rotatable bonds is 3. The number of likely N-dealkylation sites (tertiary alicyclic amines) is 1. The number of aryl methyl sites for hydroxylation is 1. The molecular formula is C18H28N2O3S. The Bertz CT molecular complexity index is 697. The Morgan fingerprint density at radius 3 is 2.21 bits per heavy atom. The Morgan fingerprint density at radius 2 is 1.67 bits per heavy atom. The van der Waals surface area contributed by atoms with Gasteiger partial charge in [0.05, 0.1) is 4.90 Å². The van der Waals surface area contributed by atoms with Crippen LogP contribution in [0.3, 0.4) is 0 Å². The summed E-state index contributed by atoms with van der Waals surface area (Å²) in [5.41, 5.74) is 0.714. The van der Waals surface area contributed by atoms with Gasteiger partial charge in [-0.15, -0.1) is 0 Å². The van der Waals surface area contributed by atoms with Crippen LogP contribution in [-0.4, -0.2) is 37.9 Å². The van der Waals surface area contributed by atoms with E-state index in [0.29, 0.717) is 5.56 Å². The third-order valence-electron chi connectivity index (χ3n) is 4.08. The van der Waals surface area contributed by atoms with Crippen LogP contribution in [0.5, 0.6) is 0 Å². The topological polar surface area (TPSA) is 66.5 Å². The maximum atomic E-state index is 12.8. The van der Waals surface area contributed by atoms with Crippen LogP contribution < -0.4 is 4.72 Å². The molecule has 0 aliphatic carbocycles. The molecule has 0 saturated carbocycles. The van der Waals surface area contributed by atoms with Gasteiger partial charge in [-0.1, -0.05) is 18.9 Å². The van der Waals surface area contributed by atoms with Gasteiger partial charge in [0.1, 0.15) is 0 Å². The van der Waals surface area contributed by atoms with Crippen molar-refractivity contribution in [3.8, 4) is 0 Å². The summed E-state index contributed by atoms with van der Waals surface area (Å²) in [7, 11) is -3.65. The highest BCUT2D eigenvalue weighted by molar-refractivity contribution is 7.89. The van der Waals surface area contributed by atoms with Crippen molar-refractivity contribution >= 4 is 15.9 Å². The van der Waals surface area contributed by atoms with Crippen molar-refractivity contribution in [1.29, 1.82) is 0 Å². The summed E-state index contributed by atoms with van der Waals surface area (Å²) in [6, 6.07) is 4.78. The molecule has 1 saturated heterocycles. The van der Waals surface area contributed by atoms with E-state index >= 15 is 0 Å². The van der Waals surface area contributed by atoms with Gasteiger partial charge in [0, 0.05) is 24.2 Å². The van der Waals surface area contributed by atoms with Crippen molar-refractivity contribution in [1.82, 2.24) is 9.62 Å². The van der Waals surface area contributed by atoms with E-state index in [0.717, 1.165) is 44.3 Å². The van der Waals surface area contributed by atoms with Crippen molar-refractivity contribution in [2.24, 2.45) is 0 Å². The molecule has 0 aromatic heterocycles. The minimum absolute atomic E-state index is 0.0674. The molecule has 0 atom stereocenters. The Kier molecular flexibility index (Phi) is 5.71. The number of benzene rings is 1. The van der Waals surface area contributed by atoms with Crippen LogP contribution in [0.25, 0.3) is 0 Å². The second kappa shape index (κ2) is 7.23. The lowest BCUT2D eigenvalue weighted by Crippen LogP contribution is -2.40. The Labute approximate surface area is 145 Å². The summed E-state index contributed by atoms with van der Waals surface area (Å²) >= 11 is 0. The van der Waals surface area contributed by atoms with Gasteiger partial charge in [0.15, 0.2) is 0 Å². The number of hydrogen-bond donors (Lipinski definition) is 1. The highest BCUT2D eigenvalue weighted by atomic mass is 32.2. The molecule has 1 N–H and O–H groups in total. The first-order valence-electron chi connectivity index (χ1n) is 8.54. The molecule has 1 fully saturated rings. The van der Waals surface area contributed by atoms with Crippen LogP contribution in [0.4, 0.5) is 0 Å².